The second kappa shape index (κ2) is 6.72. The Morgan fingerprint density at radius 3 is 1.87 bits per heavy atom. The highest BCUT2D eigenvalue weighted by Crippen LogP contribution is 2.59. The predicted octanol–water partition coefficient (Wildman–Crippen LogP) is 8.22. The molecule has 0 saturated heterocycles. The first kappa shape index (κ1) is 18.7. The van der Waals surface area contributed by atoms with E-state index in [4.69, 9.17) is 23.2 Å². The van der Waals surface area contributed by atoms with Crippen molar-refractivity contribution < 1.29 is 0 Å². The van der Waals surface area contributed by atoms with E-state index in [9.17, 15) is 0 Å². The highest BCUT2D eigenvalue weighted by atomic mass is 79.9. The monoisotopic (exact) mass is 490 g/mol. The molecular weight excluding hydrogens is 475 g/mol. The summed E-state index contributed by atoms with van der Waals surface area (Å²) >= 11 is 16.9. The van der Waals surface area contributed by atoms with Gasteiger partial charge < -0.3 is 0 Å². The summed E-state index contributed by atoms with van der Waals surface area (Å²) in [4.78, 5) is 0. The predicted molar refractivity (Wildman–Crippen MR) is 129 cm³/mol. The van der Waals surface area contributed by atoms with E-state index in [1.165, 1.54) is 44.5 Å². The van der Waals surface area contributed by atoms with Crippen LogP contribution in [0.2, 0.25) is 10.0 Å². The molecule has 0 heterocycles. The molecule has 0 atom stereocenters. The first-order valence-electron chi connectivity index (χ1n) is 10.1. The Labute approximate surface area is 194 Å². The normalized spacial score (nSPS) is 15.2. The minimum absolute atomic E-state index is 0.410. The molecule has 6 rings (SSSR count). The first-order valence-corrected chi connectivity index (χ1v) is 11.6. The van der Waals surface area contributed by atoms with Crippen molar-refractivity contribution in [1.29, 1.82) is 0 Å². The Morgan fingerprint density at radius 2 is 1.17 bits per heavy atom. The van der Waals surface area contributed by atoms with E-state index in [1.807, 2.05) is 0 Å². The van der Waals surface area contributed by atoms with Gasteiger partial charge in [0.25, 0.3) is 0 Å². The van der Waals surface area contributed by atoms with Crippen LogP contribution in [0.3, 0.4) is 0 Å². The molecule has 0 unspecified atom stereocenters. The van der Waals surface area contributed by atoms with E-state index in [1.54, 1.807) is 0 Å². The molecule has 3 heteroatoms. The molecule has 4 aromatic carbocycles. The number of fused-ring (bicyclic) bond motifs is 9. The fourth-order valence-electron chi connectivity index (χ4n) is 5.49. The van der Waals surface area contributed by atoms with Gasteiger partial charge in [-0.15, -0.1) is 0 Å². The fourth-order valence-corrected chi connectivity index (χ4v) is 6.20. The standard InChI is InChI=1S/C27H17BrCl2/c28-18-12-11-16-9-10-17-13-25(29)26(30)15-24(17)27(23(16)14-18)21-7-3-1-5-19(21)20-6-2-4-8-22(20)27/h1-8,11-15H,9-10H2. The molecule has 2 aliphatic rings. The summed E-state index contributed by atoms with van der Waals surface area (Å²) in [5.74, 6) is 0. The third-order valence-corrected chi connectivity index (χ3v) is 7.86. The van der Waals surface area contributed by atoms with Crippen molar-refractivity contribution in [2.75, 3.05) is 0 Å². The Morgan fingerprint density at radius 1 is 0.600 bits per heavy atom. The highest BCUT2D eigenvalue weighted by molar-refractivity contribution is 9.10. The van der Waals surface area contributed by atoms with E-state index < -0.39 is 5.41 Å². The summed E-state index contributed by atoms with van der Waals surface area (Å²) in [7, 11) is 0. The molecule has 0 radical (unpaired) electrons. The number of hydrogen-bond donors (Lipinski definition) is 0. The number of hydrogen-bond acceptors (Lipinski definition) is 0. The van der Waals surface area contributed by atoms with Crippen LogP contribution in [-0.4, -0.2) is 0 Å². The van der Waals surface area contributed by atoms with Gasteiger partial charge in [-0.25, -0.2) is 0 Å². The van der Waals surface area contributed by atoms with Crippen LogP contribution in [0.15, 0.2) is 83.3 Å². The Hall–Kier alpha value is -2.06. The molecule has 0 fully saturated rings. The Kier molecular flexibility index (Phi) is 4.19. The maximum absolute atomic E-state index is 6.63. The summed E-state index contributed by atoms with van der Waals surface area (Å²) in [6, 6.07) is 28.5. The molecule has 0 N–H and O–H groups in total. The molecule has 30 heavy (non-hydrogen) atoms. The summed E-state index contributed by atoms with van der Waals surface area (Å²) < 4.78 is 1.09. The molecule has 0 bridgehead atoms. The molecule has 2 aliphatic carbocycles. The van der Waals surface area contributed by atoms with Crippen LogP contribution in [-0.2, 0) is 18.3 Å². The van der Waals surface area contributed by atoms with E-state index in [0.29, 0.717) is 10.0 Å². The molecule has 0 nitrogen and oxygen atoms in total. The van der Waals surface area contributed by atoms with Crippen LogP contribution >= 0.6 is 39.1 Å². The van der Waals surface area contributed by atoms with Gasteiger partial charge in [-0.2, -0.15) is 0 Å². The zero-order valence-electron chi connectivity index (χ0n) is 16.1. The third-order valence-electron chi connectivity index (χ3n) is 6.64. The minimum atomic E-state index is -0.410. The molecule has 0 saturated carbocycles. The van der Waals surface area contributed by atoms with E-state index in [2.05, 4.69) is 94.8 Å². The maximum Gasteiger partial charge on any atom is 0.0719 e. The average Bonchev–Trinajstić information content (AvgIpc) is 2.98. The molecule has 146 valence electrons. The average molecular weight is 492 g/mol. The summed E-state index contributed by atoms with van der Waals surface area (Å²) in [6.45, 7) is 0. The van der Waals surface area contributed by atoms with E-state index in [0.717, 1.165) is 17.3 Å². The van der Waals surface area contributed by atoms with Gasteiger partial charge in [0, 0.05) is 4.47 Å². The van der Waals surface area contributed by atoms with Crippen molar-refractivity contribution in [1.82, 2.24) is 0 Å². The Balaban J connectivity index is 1.87. The fraction of sp³-hybridized carbons (Fsp3) is 0.111. The van der Waals surface area contributed by atoms with Gasteiger partial charge in [-0.1, -0.05) is 93.7 Å². The van der Waals surface area contributed by atoms with Crippen LogP contribution in [0.25, 0.3) is 11.1 Å². The lowest BCUT2D eigenvalue weighted by atomic mass is 9.66. The molecular formula is C27H17BrCl2. The molecule has 0 amide bonds. The summed E-state index contributed by atoms with van der Waals surface area (Å²) in [5, 5.41) is 1.23. The molecule has 1 spiro atoms. The van der Waals surface area contributed by atoms with Gasteiger partial charge in [0.05, 0.1) is 15.5 Å². The molecule has 0 aromatic heterocycles. The van der Waals surface area contributed by atoms with Crippen LogP contribution < -0.4 is 0 Å². The molecule has 4 aromatic rings. The van der Waals surface area contributed by atoms with Crippen LogP contribution in [0.4, 0.5) is 0 Å². The van der Waals surface area contributed by atoms with Gasteiger partial charge in [-0.3, -0.25) is 0 Å². The van der Waals surface area contributed by atoms with E-state index in [-0.39, 0.29) is 0 Å². The lowest BCUT2D eigenvalue weighted by molar-refractivity contribution is 0.761. The number of benzene rings is 4. The van der Waals surface area contributed by atoms with Crippen molar-refractivity contribution in [3.8, 4) is 11.1 Å². The molecule has 0 aliphatic heterocycles. The minimum Gasteiger partial charge on any atom is -0.0827 e. The summed E-state index contributed by atoms with van der Waals surface area (Å²) in [6.07, 6.45) is 1.91. The smallest absolute Gasteiger partial charge is 0.0719 e. The van der Waals surface area contributed by atoms with Gasteiger partial charge in [0.2, 0.25) is 0 Å². The maximum atomic E-state index is 6.63. The van der Waals surface area contributed by atoms with Crippen molar-refractivity contribution in [3.63, 3.8) is 0 Å². The van der Waals surface area contributed by atoms with Crippen molar-refractivity contribution >= 4 is 39.1 Å². The number of halogens is 3. The lowest BCUT2D eigenvalue weighted by Crippen LogP contribution is -2.30. The van der Waals surface area contributed by atoms with Crippen molar-refractivity contribution in [2.45, 2.75) is 18.3 Å². The van der Waals surface area contributed by atoms with Crippen LogP contribution in [0.5, 0.6) is 0 Å². The second-order valence-electron chi connectivity index (χ2n) is 8.07. The topological polar surface area (TPSA) is 0 Å². The third kappa shape index (κ3) is 2.40. The van der Waals surface area contributed by atoms with Crippen LogP contribution in [0.1, 0.15) is 33.4 Å². The Bertz CT molecular complexity index is 1290. The van der Waals surface area contributed by atoms with Gasteiger partial charge in [-0.05, 0) is 81.6 Å². The largest absolute Gasteiger partial charge is 0.0827 e. The first-order chi connectivity index (χ1) is 14.6. The van der Waals surface area contributed by atoms with Gasteiger partial charge in [0.1, 0.15) is 0 Å². The second-order valence-corrected chi connectivity index (χ2v) is 9.80. The van der Waals surface area contributed by atoms with Crippen molar-refractivity contribution in [3.05, 3.63) is 127 Å². The summed E-state index contributed by atoms with van der Waals surface area (Å²) in [5.41, 5.74) is 10.00. The number of rotatable bonds is 0. The van der Waals surface area contributed by atoms with Crippen LogP contribution in [0, 0.1) is 0 Å². The van der Waals surface area contributed by atoms with Crippen molar-refractivity contribution in [2.24, 2.45) is 0 Å². The number of aryl methyl sites for hydroxylation is 2. The zero-order valence-corrected chi connectivity index (χ0v) is 19.2. The highest BCUT2D eigenvalue weighted by Gasteiger charge is 2.49. The lowest BCUT2D eigenvalue weighted by Gasteiger charge is -2.35. The van der Waals surface area contributed by atoms with Gasteiger partial charge in [0.15, 0.2) is 0 Å². The quantitative estimate of drug-likeness (QED) is 0.204. The SMILES string of the molecule is Clc1cc2c(cc1Cl)C1(c3cc(Br)ccc3CC2)c2ccccc2-c2ccccc21. The van der Waals surface area contributed by atoms with E-state index >= 15 is 0 Å². The zero-order chi connectivity index (χ0) is 20.5. The van der Waals surface area contributed by atoms with Gasteiger partial charge >= 0.3 is 0 Å².